The van der Waals surface area contributed by atoms with Crippen molar-refractivity contribution in [1.82, 2.24) is 25.1 Å². The van der Waals surface area contributed by atoms with E-state index in [9.17, 15) is 0 Å². The average molecular weight is 247 g/mol. The maximum absolute atomic E-state index is 4.38. The Morgan fingerprint density at radius 3 is 2.78 bits per heavy atom. The molecule has 0 aromatic carbocycles. The van der Waals surface area contributed by atoms with Crippen molar-refractivity contribution in [1.29, 1.82) is 0 Å². The fraction of sp³-hybridized carbons (Fsp3) is 0.538. The second-order valence-electron chi connectivity index (χ2n) is 5.47. The summed E-state index contributed by atoms with van der Waals surface area (Å²) in [5.41, 5.74) is 2.43. The van der Waals surface area contributed by atoms with Gasteiger partial charge in [0.2, 0.25) is 0 Å². The SMILES string of the molecule is CC(C)(C)n1cc(CNCCc2cnc[nH]2)cn1. The first-order chi connectivity index (χ1) is 8.55. The smallest absolute Gasteiger partial charge is 0.0921 e. The first-order valence-electron chi connectivity index (χ1n) is 6.28. The van der Waals surface area contributed by atoms with E-state index in [4.69, 9.17) is 0 Å². The van der Waals surface area contributed by atoms with Gasteiger partial charge in [0.15, 0.2) is 0 Å². The summed E-state index contributed by atoms with van der Waals surface area (Å²) in [4.78, 5) is 7.09. The van der Waals surface area contributed by atoms with Crippen LogP contribution in [0, 0.1) is 0 Å². The first kappa shape index (κ1) is 12.8. The Labute approximate surface area is 108 Å². The van der Waals surface area contributed by atoms with Gasteiger partial charge in [-0.1, -0.05) is 0 Å². The van der Waals surface area contributed by atoms with E-state index < -0.39 is 0 Å². The van der Waals surface area contributed by atoms with E-state index in [1.54, 1.807) is 6.33 Å². The van der Waals surface area contributed by atoms with Gasteiger partial charge in [0.1, 0.15) is 0 Å². The summed E-state index contributed by atoms with van der Waals surface area (Å²) in [5, 5.41) is 7.78. The summed E-state index contributed by atoms with van der Waals surface area (Å²) in [7, 11) is 0. The van der Waals surface area contributed by atoms with Crippen molar-refractivity contribution in [2.75, 3.05) is 6.54 Å². The van der Waals surface area contributed by atoms with Crippen molar-refractivity contribution in [3.63, 3.8) is 0 Å². The Morgan fingerprint density at radius 1 is 1.33 bits per heavy atom. The molecule has 18 heavy (non-hydrogen) atoms. The second-order valence-corrected chi connectivity index (χ2v) is 5.47. The van der Waals surface area contributed by atoms with Gasteiger partial charge in [-0.3, -0.25) is 4.68 Å². The molecule has 0 amide bonds. The fourth-order valence-corrected chi connectivity index (χ4v) is 1.70. The van der Waals surface area contributed by atoms with Crippen LogP contribution >= 0.6 is 0 Å². The molecular formula is C13H21N5. The monoisotopic (exact) mass is 247 g/mol. The molecule has 2 rings (SSSR count). The van der Waals surface area contributed by atoms with Crippen molar-refractivity contribution < 1.29 is 0 Å². The third-order valence-electron chi connectivity index (χ3n) is 2.78. The van der Waals surface area contributed by atoms with Crippen LogP contribution in [0.4, 0.5) is 0 Å². The van der Waals surface area contributed by atoms with Crippen molar-refractivity contribution in [3.05, 3.63) is 36.2 Å². The molecule has 0 spiro atoms. The molecule has 2 aromatic rings. The molecule has 0 radical (unpaired) electrons. The van der Waals surface area contributed by atoms with E-state index in [1.807, 2.05) is 17.1 Å². The van der Waals surface area contributed by atoms with Crippen LogP contribution in [0.1, 0.15) is 32.0 Å². The Hall–Kier alpha value is -1.62. The molecule has 2 heterocycles. The van der Waals surface area contributed by atoms with Crippen LogP contribution in [0.5, 0.6) is 0 Å². The zero-order valence-electron chi connectivity index (χ0n) is 11.3. The number of imidazole rings is 1. The Kier molecular flexibility index (Phi) is 3.81. The highest BCUT2D eigenvalue weighted by atomic mass is 15.3. The first-order valence-corrected chi connectivity index (χ1v) is 6.28. The minimum absolute atomic E-state index is 0.0498. The Bertz CT molecular complexity index is 464. The van der Waals surface area contributed by atoms with Gasteiger partial charge in [-0.25, -0.2) is 4.98 Å². The molecule has 98 valence electrons. The normalized spacial score (nSPS) is 11.9. The number of aromatic amines is 1. The van der Waals surface area contributed by atoms with Gasteiger partial charge in [-0.05, 0) is 20.8 Å². The highest BCUT2D eigenvalue weighted by Crippen LogP contribution is 2.12. The topological polar surface area (TPSA) is 58.5 Å². The lowest BCUT2D eigenvalue weighted by atomic mass is 10.1. The minimum atomic E-state index is 0.0498. The molecule has 2 aromatic heterocycles. The Morgan fingerprint density at radius 2 is 2.17 bits per heavy atom. The number of hydrogen-bond donors (Lipinski definition) is 2. The highest BCUT2D eigenvalue weighted by molar-refractivity contribution is 5.05. The number of aromatic nitrogens is 4. The van der Waals surface area contributed by atoms with Gasteiger partial charge in [0.05, 0.1) is 18.1 Å². The van der Waals surface area contributed by atoms with Gasteiger partial charge in [0.25, 0.3) is 0 Å². The molecule has 0 aliphatic heterocycles. The maximum atomic E-state index is 4.38. The molecule has 0 saturated carbocycles. The summed E-state index contributed by atoms with van der Waals surface area (Å²) in [6.07, 6.45) is 8.56. The zero-order valence-corrected chi connectivity index (χ0v) is 11.3. The predicted molar refractivity (Wildman–Crippen MR) is 71.2 cm³/mol. The van der Waals surface area contributed by atoms with Crippen LogP contribution in [0.2, 0.25) is 0 Å². The van der Waals surface area contributed by atoms with Gasteiger partial charge in [-0.2, -0.15) is 5.10 Å². The molecule has 0 atom stereocenters. The third-order valence-corrected chi connectivity index (χ3v) is 2.78. The molecule has 2 N–H and O–H groups in total. The summed E-state index contributed by atoms with van der Waals surface area (Å²) < 4.78 is 2.00. The van der Waals surface area contributed by atoms with Crippen LogP contribution in [-0.2, 0) is 18.5 Å². The molecular weight excluding hydrogens is 226 g/mol. The molecule has 0 saturated heterocycles. The molecule has 0 fully saturated rings. The average Bonchev–Trinajstić information content (AvgIpc) is 2.95. The zero-order chi connectivity index (χ0) is 13.0. The third kappa shape index (κ3) is 3.43. The summed E-state index contributed by atoms with van der Waals surface area (Å²) in [6.45, 7) is 8.23. The number of nitrogens with one attached hydrogen (secondary N) is 2. The molecule has 0 aliphatic rings. The van der Waals surface area contributed by atoms with E-state index >= 15 is 0 Å². The molecule has 5 heteroatoms. The quantitative estimate of drug-likeness (QED) is 0.791. The molecule has 0 aliphatic carbocycles. The van der Waals surface area contributed by atoms with Crippen molar-refractivity contribution in [2.24, 2.45) is 0 Å². The summed E-state index contributed by atoms with van der Waals surface area (Å²) in [6, 6.07) is 0. The van der Waals surface area contributed by atoms with Crippen molar-refractivity contribution in [3.8, 4) is 0 Å². The van der Waals surface area contributed by atoms with Gasteiger partial charge in [0, 0.05) is 43.2 Å². The van der Waals surface area contributed by atoms with Crippen LogP contribution in [-0.4, -0.2) is 26.3 Å². The largest absolute Gasteiger partial charge is 0.348 e. The van der Waals surface area contributed by atoms with E-state index in [-0.39, 0.29) is 5.54 Å². The lowest BCUT2D eigenvalue weighted by molar-refractivity contribution is 0.355. The lowest BCUT2D eigenvalue weighted by Crippen LogP contribution is -2.22. The van der Waals surface area contributed by atoms with E-state index in [2.05, 4.69) is 47.4 Å². The van der Waals surface area contributed by atoms with E-state index in [0.29, 0.717) is 0 Å². The highest BCUT2D eigenvalue weighted by Gasteiger charge is 2.13. The van der Waals surface area contributed by atoms with Gasteiger partial charge >= 0.3 is 0 Å². The minimum Gasteiger partial charge on any atom is -0.348 e. The van der Waals surface area contributed by atoms with Crippen LogP contribution in [0.25, 0.3) is 0 Å². The Balaban J connectivity index is 1.75. The van der Waals surface area contributed by atoms with Crippen LogP contribution < -0.4 is 5.32 Å². The lowest BCUT2D eigenvalue weighted by Gasteiger charge is -2.18. The second kappa shape index (κ2) is 5.35. The maximum Gasteiger partial charge on any atom is 0.0921 e. The number of H-pyrrole nitrogens is 1. The predicted octanol–water partition coefficient (Wildman–Crippen LogP) is 1.69. The fourth-order valence-electron chi connectivity index (χ4n) is 1.70. The van der Waals surface area contributed by atoms with Gasteiger partial charge in [-0.15, -0.1) is 0 Å². The van der Waals surface area contributed by atoms with Crippen LogP contribution in [0.3, 0.4) is 0 Å². The standard InChI is InChI=1S/C13H21N5/c1-13(2,3)18-9-11(7-17-18)6-14-5-4-12-8-15-10-16-12/h7-10,14H,4-6H2,1-3H3,(H,15,16). The number of nitrogens with zero attached hydrogens (tertiary/aromatic N) is 3. The van der Waals surface area contributed by atoms with Crippen molar-refractivity contribution >= 4 is 0 Å². The van der Waals surface area contributed by atoms with Crippen molar-refractivity contribution in [2.45, 2.75) is 39.3 Å². The van der Waals surface area contributed by atoms with Gasteiger partial charge < -0.3 is 10.3 Å². The van der Waals surface area contributed by atoms with Crippen LogP contribution in [0.15, 0.2) is 24.9 Å². The molecule has 0 bridgehead atoms. The summed E-state index contributed by atoms with van der Waals surface area (Å²) >= 11 is 0. The van der Waals surface area contributed by atoms with E-state index in [1.165, 1.54) is 5.56 Å². The summed E-state index contributed by atoms with van der Waals surface area (Å²) in [5.74, 6) is 0. The number of hydrogen-bond acceptors (Lipinski definition) is 3. The molecule has 5 nitrogen and oxygen atoms in total. The molecule has 0 unspecified atom stereocenters. The number of rotatable bonds is 5. The van der Waals surface area contributed by atoms with E-state index in [0.717, 1.165) is 25.2 Å².